The maximum atomic E-state index is 13.1. The highest BCUT2D eigenvalue weighted by Crippen LogP contribution is 2.39. The summed E-state index contributed by atoms with van der Waals surface area (Å²) in [6.07, 6.45) is 4.83. The van der Waals surface area contributed by atoms with E-state index < -0.39 is 5.97 Å². The van der Waals surface area contributed by atoms with Crippen molar-refractivity contribution in [2.75, 3.05) is 6.54 Å². The maximum absolute atomic E-state index is 13.1. The van der Waals surface area contributed by atoms with Crippen molar-refractivity contribution in [2.45, 2.75) is 45.4 Å². The SMILES string of the molecule is Cc1nc(-c2ccc(F)cc2)sc1C(=O)NCC1(CC(=O)O)CCCCC1. The van der Waals surface area contributed by atoms with E-state index in [9.17, 15) is 19.1 Å². The zero-order chi connectivity index (χ0) is 19.4. The van der Waals surface area contributed by atoms with Gasteiger partial charge in [-0.1, -0.05) is 19.3 Å². The second kappa shape index (κ2) is 8.17. The summed E-state index contributed by atoms with van der Waals surface area (Å²) in [4.78, 5) is 28.9. The number of amides is 1. The lowest BCUT2D eigenvalue weighted by atomic mass is 9.71. The highest BCUT2D eigenvalue weighted by molar-refractivity contribution is 7.17. The van der Waals surface area contributed by atoms with Crippen molar-refractivity contribution in [3.63, 3.8) is 0 Å². The molecule has 1 aliphatic rings. The minimum atomic E-state index is -0.821. The molecule has 1 aromatic carbocycles. The van der Waals surface area contributed by atoms with Crippen LogP contribution in [-0.4, -0.2) is 28.5 Å². The standard InChI is InChI=1S/C20H23FN2O3S/c1-13-17(27-19(23-13)14-5-7-15(21)8-6-14)18(26)22-12-20(11-16(24)25)9-3-2-4-10-20/h5-8H,2-4,9-12H2,1H3,(H,22,26)(H,24,25). The molecule has 0 spiro atoms. The summed E-state index contributed by atoms with van der Waals surface area (Å²) in [5.74, 6) is -1.37. The van der Waals surface area contributed by atoms with Crippen LogP contribution in [0.15, 0.2) is 24.3 Å². The molecule has 1 saturated carbocycles. The number of carbonyl (C=O) groups excluding carboxylic acids is 1. The van der Waals surface area contributed by atoms with Crippen LogP contribution in [0.25, 0.3) is 10.6 Å². The quantitative estimate of drug-likeness (QED) is 0.766. The molecule has 1 fully saturated rings. The first-order valence-electron chi connectivity index (χ1n) is 9.12. The molecule has 0 atom stereocenters. The van der Waals surface area contributed by atoms with E-state index in [1.807, 2.05) is 0 Å². The van der Waals surface area contributed by atoms with Gasteiger partial charge in [-0.25, -0.2) is 9.37 Å². The lowest BCUT2D eigenvalue weighted by Crippen LogP contribution is -2.40. The minimum absolute atomic E-state index is 0.0791. The molecule has 2 aromatic rings. The van der Waals surface area contributed by atoms with E-state index in [0.29, 0.717) is 22.1 Å². The lowest BCUT2D eigenvalue weighted by molar-refractivity contribution is -0.140. The Balaban J connectivity index is 1.72. The molecule has 1 aliphatic carbocycles. The molecule has 144 valence electrons. The van der Waals surface area contributed by atoms with E-state index >= 15 is 0 Å². The van der Waals surface area contributed by atoms with Crippen LogP contribution in [0.2, 0.25) is 0 Å². The van der Waals surface area contributed by atoms with Crippen molar-refractivity contribution in [3.05, 3.63) is 40.7 Å². The van der Waals surface area contributed by atoms with Crippen molar-refractivity contribution in [3.8, 4) is 10.6 Å². The van der Waals surface area contributed by atoms with Crippen molar-refractivity contribution in [2.24, 2.45) is 5.41 Å². The van der Waals surface area contributed by atoms with Gasteiger partial charge in [-0.2, -0.15) is 0 Å². The topological polar surface area (TPSA) is 79.3 Å². The first-order valence-corrected chi connectivity index (χ1v) is 9.94. The number of halogens is 1. The van der Waals surface area contributed by atoms with E-state index in [1.54, 1.807) is 19.1 Å². The Hall–Kier alpha value is -2.28. The second-order valence-corrected chi connectivity index (χ2v) is 8.25. The van der Waals surface area contributed by atoms with Gasteiger partial charge in [-0.05, 0) is 49.4 Å². The van der Waals surface area contributed by atoms with Crippen LogP contribution >= 0.6 is 11.3 Å². The maximum Gasteiger partial charge on any atom is 0.303 e. The summed E-state index contributed by atoms with van der Waals surface area (Å²) < 4.78 is 13.1. The Bertz CT molecular complexity index is 826. The van der Waals surface area contributed by atoms with Gasteiger partial charge in [-0.15, -0.1) is 11.3 Å². The molecule has 27 heavy (non-hydrogen) atoms. The third-order valence-electron chi connectivity index (χ3n) is 5.16. The van der Waals surface area contributed by atoms with Gasteiger partial charge in [0.05, 0.1) is 12.1 Å². The number of thiazole rings is 1. The predicted octanol–water partition coefficient (Wildman–Crippen LogP) is 4.41. The number of nitrogens with one attached hydrogen (secondary N) is 1. The summed E-state index contributed by atoms with van der Waals surface area (Å²) >= 11 is 1.26. The van der Waals surface area contributed by atoms with E-state index in [2.05, 4.69) is 10.3 Å². The molecule has 2 N–H and O–H groups in total. The van der Waals surface area contributed by atoms with Gasteiger partial charge in [0.25, 0.3) is 5.91 Å². The molecule has 1 aromatic heterocycles. The van der Waals surface area contributed by atoms with Crippen LogP contribution in [0.4, 0.5) is 4.39 Å². The molecule has 0 radical (unpaired) electrons. The van der Waals surface area contributed by atoms with Crippen molar-refractivity contribution in [1.82, 2.24) is 10.3 Å². The van der Waals surface area contributed by atoms with Crippen LogP contribution in [0.3, 0.4) is 0 Å². The lowest BCUT2D eigenvalue weighted by Gasteiger charge is -2.36. The highest BCUT2D eigenvalue weighted by Gasteiger charge is 2.35. The number of carbonyl (C=O) groups is 2. The summed E-state index contributed by atoms with van der Waals surface area (Å²) in [5.41, 5.74) is 1.02. The minimum Gasteiger partial charge on any atom is -0.481 e. The molecular weight excluding hydrogens is 367 g/mol. The van der Waals surface area contributed by atoms with Crippen molar-refractivity contribution >= 4 is 23.2 Å². The number of aromatic nitrogens is 1. The molecule has 1 amide bonds. The van der Waals surface area contributed by atoms with Gasteiger partial charge < -0.3 is 10.4 Å². The van der Waals surface area contributed by atoms with Crippen molar-refractivity contribution in [1.29, 1.82) is 0 Å². The van der Waals surface area contributed by atoms with E-state index in [0.717, 1.165) is 37.7 Å². The first kappa shape index (κ1) is 19.5. The molecule has 5 nitrogen and oxygen atoms in total. The van der Waals surface area contributed by atoms with Gasteiger partial charge in [0, 0.05) is 12.1 Å². The number of carboxylic acid groups (broad SMARTS) is 1. The zero-order valence-electron chi connectivity index (χ0n) is 15.3. The van der Waals surface area contributed by atoms with Gasteiger partial charge in [-0.3, -0.25) is 9.59 Å². The summed E-state index contributed by atoms with van der Waals surface area (Å²) in [6.45, 7) is 2.13. The summed E-state index contributed by atoms with van der Waals surface area (Å²) in [7, 11) is 0. The van der Waals surface area contributed by atoms with Crippen molar-refractivity contribution < 1.29 is 19.1 Å². The average Bonchev–Trinajstić information content (AvgIpc) is 3.02. The monoisotopic (exact) mass is 390 g/mol. The van der Waals surface area contributed by atoms with Gasteiger partial charge in [0.1, 0.15) is 15.7 Å². The number of aryl methyl sites for hydroxylation is 1. The third kappa shape index (κ3) is 4.71. The molecule has 0 saturated heterocycles. The Morgan fingerprint density at radius 2 is 1.89 bits per heavy atom. The number of benzene rings is 1. The molecule has 3 rings (SSSR count). The summed E-state index contributed by atoms with van der Waals surface area (Å²) in [5, 5.41) is 12.9. The largest absolute Gasteiger partial charge is 0.481 e. The van der Waals surface area contributed by atoms with Crippen LogP contribution in [0.1, 0.15) is 53.9 Å². The van der Waals surface area contributed by atoms with E-state index in [-0.39, 0.29) is 23.6 Å². The molecule has 0 aliphatic heterocycles. The summed E-state index contributed by atoms with van der Waals surface area (Å²) in [6, 6.07) is 6.01. The van der Waals surface area contributed by atoms with Crippen LogP contribution < -0.4 is 5.32 Å². The van der Waals surface area contributed by atoms with Gasteiger partial charge >= 0.3 is 5.97 Å². The normalized spacial score (nSPS) is 16.1. The van der Waals surface area contributed by atoms with Crippen LogP contribution in [0.5, 0.6) is 0 Å². The Kier molecular flexibility index (Phi) is 5.89. The smallest absolute Gasteiger partial charge is 0.303 e. The Morgan fingerprint density at radius 3 is 2.52 bits per heavy atom. The van der Waals surface area contributed by atoms with E-state index in [4.69, 9.17) is 0 Å². The molecule has 7 heteroatoms. The van der Waals surface area contributed by atoms with Gasteiger partial charge in [0.2, 0.25) is 0 Å². The van der Waals surface area contributed by atoms with Crippen LogP contribution in [-0.2, 0) is 4.79 Å². The third-order valence-corrected chi connectivity index (χ3v) is 6.36. The number of aliphatic carboxylic acids is 1. The average molecular weight is 390 g/mol. The first-order chi connectivity index (χ1) is 12.9. The number of nitrogens with zero attached hydrogens (tertiary/aromatic N) is 1. The fourth-order valence-electron chi connectivity index (χ4n) is 3.71. The number of rotatable bonds is 6. The Morgan fingerprint density at radius 1 is 1.22 bits per heavy atom. The molecule has 0 unspecified atom stereocenters. The Labute approximate surface area is 161 Å². The fourth-order valence-corrected chi connectivity index (χ4v) is 4.70. The van der Waals surface area contributed by atoms with E-state index in [1.165, 1.54) is 23.5 Å². The predicted molar refractivity (Wildman–Crippen MR) is 102 cm³/mol. The fraction of sp³-hybridized carbons (Fsp3) is 0.450. The number of carboxylic acids is 1. The zero-order valence-corrected chi connectivity index (χ0v) is 16.1. The van der Waals surface area contributed by atoms with Crippen LogP contribution in [0, 0.1) is 18.2 Å². The van der Waals surface area contributed by atoms with Gasteiger partial charge in [0.15, 0.2) is 0 Å². The number of hydrogen-bond donors (Lipinski definition) is 2. The second-order valence-electron chi connectivity index (χ2n) is 7.25. The molecule has 0 bridgehead atoms. The number of hydrogen-bond acceptors (Lipinski definition) is 4. The molecule has 1 heterocycles. The highest BCUT2D eigenvalue weighted by atomic mass is 32.1. The molecular formula is C20H23FN2O3S.